The quantitative estimate of drug-likeness (QED) is 0.724. The fourth-order valence-electron chi connectivity index (χ4n) is 3.44. The Labute approximate surface area is 171 Å². The average molecular weight is 421 g/mol. The lowest BCUT2D eigenvalue weighted by molar-refractivity contribution is -0.917. The second kappa shape index (κ2) is 9.02. The summed E-state index contributed by atoms with van der Waals surface area (Å²) in [6, 6.07) is 12.6. The fourth-order valence-corrected chi connectivity index (χ4v) is 4.88. The summed E-state index contributed by atoms with van der Waals surface area (Å²) in [6.07, 6.45) is 0. The highest BCUT2D eigenvalue weighted by atomic mass is 32.2. The van der Waals surface area contributed by atoms with Crippen molar-refractivity contribution < 1.29 is 22.5 Å². The summed E-state index contributed by atoms with van der Waals surface area (Å²) >= 11 is 0. The minimum atomic E-state index is -3.65. The topological polar surface area (TPSA) is 70.9 Å². The second-order valence-electron chi connectivity index (χ2n) is 7.44. The van der Waals surface area contributed by atoms with E-state index >= 15 is 0 Å². The molecule has 0 spiro atoms. The van der Waals surface area contributed by atoms with Crippen LogP contribution in [0.25, 0.3) is 0 Å². The van der Waals surface area contributed by atoms with Gasteiger partial charge in [0.15, 0.2) is 6.04 Å². The normalized spacial score (nSPS) is 17.1. The third-order valence-corrected chi connectivity index (χ3v) is 7.32. The van der Waals surface area contributed by atoms with Gasteiger partial charge in [-0.2, -0.15) is 4.31 Å². The first-order valence-electron chi connectivity index (χ1n) is 9.71. The molecule has 8 heteroatoms. The molecule has 0 saturated carbocycles. The summed E-state index contributed by atoms with van der Waals surface area (Å²) in [5.41, 5.74) is 2.22. The number of nitrogens with zero attached hydrogens (tertiary/aromatic N) is 1. The first-order chi connectivity index (χ1) is 13.8. The molecule has 0 aromatic heterocycles. The molecular weight excluding hydrogens is 393 g/mol. The molecule has 1 saturated heterocycles. The number of aryl methyl sites for hydroxylation is 1. The molecule has 0 aliphatic carbocycles. The second-order valence-corrected chi connectivity index (χ2v) is 9.38. The van der Waals surface area contributed by atoms with Gasteiger partial charge in [-0.05, 0) is 43.7 Å². The monoisotopic (exact) mass is 420 g/mol. The lowest BCUT2D eigenvalue weighted by Crippen LogP contribution is -3.19. The summed E-state index contributed by atoms with van der Waals surface area (Å²) in [7, 11) is -3.65. The zero-order valence-corrected chi connectivity index (χ0v) is 17.5. The van der Waals surface area contributed by atoms with Crippen LogP contribution in [0.15, 0.2) is 53.4 Å². The molecule has 0 unspecified atom stereocenters. The highest BCUT2D eigenvalue weighted by Crippen LogP contribution is 2.16. The van der Waals surface area contributed by atoms with Crippen molar-refractivity contribution in [3.63, 3.8) is 0 Å². The molecule has 2 aromatic carbocycles. The van der Waals surface area contributed by atoms with Crippen molar-refractivity contribution in [3.05, 3.63) is 65.5 Å². The lowest BCUT2D eigenvalue weighted by atomic mass is 10.1. The summed E-state index contributed by atoms with van der Waals surface area (Å²) in [5, 5.41) is 2.96. The minimum absolute atomic E-state index is 0.0459. The highest BCUT2D eigenvalue weighted by molar-refractivity contribution is 7.89. The van der Waals surface area contributed by atoms with Crippen LogP contribution >= 0.6 is 0 Å². The Bertz CT molecular complexity index is 938. The van der Waals surface area contributed by atoms with E-state index in [1.54, 1.807) is 0 Å². The van der Waals surface area contributed by atoms with E-state index in [1.807, 2.05) is 38.1 Å². The molecule has 0 bridgehead atoms. The van der Waals surface area contributed by atoms with E-state index in [2.05, 4.69) is 5.32 Å². The van der Waals surface area contributed by atoms with Gasteiger partial charge in [0.25, 0.3) is 5.91 Å². The van der Waals surface area contributed by atoms with Gasteiger partial charge in [-0.15, -0.1) is 0 Å². The van der Waals surface area contributed by atoms with Crippen molar-refractivity contribution in [1.29, 1.82) is 0 Å². The van der Waals surface area contributed by atoms with E-state index in [0.717, 1.165) is 22.6 Å². The van der Waals surface area contributed by atoms with Crippen molar-refractivity contribution in [3.8, 4) is 0 Å². The van der Waals surface area contributed by atoms with Crippen molar-refractivity contribution >= 4 is 15.9 Å². The number of hydrogen-bond donors (Lipinski definition) is 2. The number of amides is 1. The van der Waals surface area contributed by atoms with Gasteiger partial charge in [0.05, 0.1) is 31.1 Å². The van der Waals surface area contributed by atoms with Gasteiger partial charge >= 0.3 is 0 Å². The van der Waals surface area contributed by atoms with Crippen molar-refractivity contribution in [2.24, 2.45) is 0 Å². The number of sulfonamides is 1. The number of hydrogen-bond acceptors (Lipinski definition) is 3. The molecule has 1 fully saturated rings. The Kier molecular flexibility index (Phi) is 6.66. The maximum Gasteiger partial charge on any atom is 0.278 e. The van der Waals surface area contributed by atoms with E-state index in [-0.39, 0.29) is 16.8 Å². The Morgan fingerprint density at radius 3 is 2.28 bits per heavy atom. The largest absolute Gasteiger partial charge is 0.347 e. The molecule has 0 radical (unpaired) electrons. The van der Waals surface area contributed by atoms with Crippen LogP contribution in [0.3, 0.4) is 0 Å². The molecule has 2 N–H and O–H groups in total. The Morgan fingerprint density at radius 1 is 1.10 bits per heavy atom. The van der Waals surface area contributed by atoms with Gasteiger partial charge in [0, 0.05) is 6.54 Å². The van der Waals surface area contributed by atoms with Gasteiger partial charge in [-0.3, -0.25) is 4.79 Å². The van der Waals surface area contributed by atoms with Gasteiger partial charge in [-0.25, -0.2) is 12.8 Å². The molecule has 156 valence electrons. The van der Waals surface area contributed by atoms with E-state index in [1.165, 1.54) is 22.0 Å². The molecule has 1 aliphatic heterocycles. The van der Waals surface area contributed by atoms with Crippen LogP contribution in [-0.4, -0.2) is 50.9 Å². The molecule has 1 amide bonds. The van der Waals surface area contributed by atoms with Crippen LogP contribution in [0, 0.1) is 12.7 Å². The van der Waals surface area contributed by atoms with E-state index in [9.17, 15) is 17.6 Å². The number of rotatable bonds is 6. The van der Waals surface area contributed by atoms with E-state index < -0.39 is 15.8 Å². The van der Waals surface area contributed by atoms with Crippen LogP contribution in [0.4, 0.5) is 4.39 Å². The van der Waals surface area contributed by atoms with Crippen molar-refractivity contribution in [1.82, 2.24) is 9.62 Å². The maximum atomic E-state index is 13.1. The number of piperazine rings is 1. The Hall–Kier alpha value is -2.29. The van der Waals surface area contributed by atoms with Crippen LogP contribution in [0.1, 0.15) is 18.1 Å². The fraction of sp³-hybridized carbons (Fsp3) is 0.381. The standard InChI is InChI=1S/C21H26FN3O3S/c1-16-3-5-18(6-4-16)15-23-21(26)17(2)24-11-13-25(14-12-24)29(27,28)20-9-7-19(22)8-10-20/h3-10,17H,11-15H2,1-2H3,(H,23,26)/p+1/t17-/m1/s1. The number of carbonyl (C=O) groups excluding carboxylic acids is 1. The Morgan fingerprint density at radius 2 is 1.69 bits per heavy atom. The van der Waals surface area contributed by atoms with E-state index in [4.69, 9.17) is 0 Å². The molecule has 1 heterocycles. The zero-order valence-electron chi connectivity index (χ0n) is 16.7. The molecular formula is C21H27FN3O3S+. The number of nitrogens with one attached hydrogen (secondary N) is 2. The minimum Gasteiger partial charge on any atom is -0.347 e. The van der Waals surface area contributed by atoms with Crippen LogP contribution < -0.4 is 10.2 Å². The Balaban J connectivity index is 1.53. The van der Waals surface area contributed by atoms with Crippen LogP contribution in [0.2, 0.25) is 0 Å². The number of carbonyl (C=O) groups is 1. The summed E-state index contributed by atoms with van der Waals surface area (Å²) in [6.45, 7) is 6.09. The first kappa shape index (κ1) is 21.4. The molecule has 29 heavy (non-hydrogen) atoms. The lowest BCUT2D eigenvalue weighted by Gasteiger charge is -2.34. The van der Waals surface area contributed by atoms with Crippen molar-refractivity contribution in [2.45, 2.75) is 31.3 Å². The summed E-state index contributed by atoms with van der Waals surface area (Å²) < 4.78 is 39.9. The number of halogens is 1. The highest BCUT2D eigenvalue weighted by Gasteiger charge is 2.34. The van der Waals surface area contributed by atoms with Gasteiger partial charge < -0.3 is 10.2 Å². The summed E-state index contributed by atoms with van der Waals surface area (Å²) in [5.74, 6) is -0.515. The SMILES string of the molecule is Cc1ccc(CNC(=O)[C@@H](C)[NH+]2CCN(S(=O)(=O)c3ccc(F)cc3)CC2)cc1. The number of benzene rings is 2. The van der Waals surface area contributed by atoms with Gasteiger partial charge in [0.2, 0.25) is 10.0 Å². The van der Waals surface area contributed by atoms with Gasteiger partial charge in [0.1, 0.15) is 5.82 Å². The first-order valence-corrected chi connectivity index (χ1v) is 11.1. The predicted molar refractivity (Wildman–Crippen MR) is 108 cm³/mol. The molecule has 1 aliphatic rings. The zero-order chi connectivity index (χ0) is 21.0. The molecule has 3 rings (SSSR count). The third-order valence-electron chi connectivity index (χ3n) is 5.41. The smallest absolute Gasteiger partial charge is 0.278 e. The van der Waals surface area contributed by atoms with Crippen molar-refractivity contribution in [2.75, 3.05) is 26.2 Å². The maximum absolute atomic E-state index is 13.1. The third kappa shape index (κ3) is 5.20. The summed E-state index contributed by atoms with van der Waals surface area (Å²) in [4.78, 5) is 13.7. The number of quaternary nitrogens is 1. The predicted octanol–water partition coefficient (Wildman–Crippen LogP) is 0.728. The van der Waals surface area contributed by atoms with Gasteiger partial charge in [-0.1, -0.05) is 29.8 Å². The van der Waals surface area contributed by atoms with Crippen LogP contribution in [-0.2, 0) is 21.4 Å². The van der Waals surface area contributed by atoms with E-state index in [0.29, 0.717) is 32.7 Å². The molecule has 2 aromatic rings. The molecule has 6 nitrogen and oxygen atoms in total. The average Bonchev–Trinajstić information content (AvgIpc) is 2.73. The molecule has 1 atom stereocenters. The van der Waals surface area contributed by atoms with Crippen LogP contribution in [0.5, 0.6) is 0 Å².